The summed E-state index contributed by atoms with van der Waals surface area (Å²) in [6, 6.07) is 16.3. The maximum atomic E-state index is 13.2. The van der Waals surface area contributed by atoms with Gasteiger partial charge in [0.2, 0.25) is 11.2 Å². The third-order valence-corrected chi connectivity index (χ3v) is 5.45. The molecule has 4 rings (SSSR count). The van der Waals surface area contributed by atoms with Gasteiger partial charge in [0.1, 0.15) is 35.3 Å². The number of benzene rings is 3. The Morgan fingerprint density at radius 3 is 2.67 bits per heavy atom. The van der Waals surface area contributed by atoms with Crippen LogP contribution in [-0.4, -0.2) is 0 Å². The molecule has 0 bridgehead atoms. The summed E-state index contributed by atoms with van der Waals surface area (Å²) in [5.74, 6) is 1.07. The van der Waals surface area contributed by atoms with E-state index in [9.17, 15) is 9.18 Å². The lowest BCUT2D eigenvalue weighted by atomic mass is 10.2. The topological polar surface area (TPSA) is 48.7 Å². The van der Waals surface area contributed by atoms with Gasteiger partial charge >= 0.3 is 0 Å². The zero-order valence-electron chi connectivity index (χ0n) is 15.7. The van der Waals surface area contributed by atoms with E-state index < -0.39 is 5.82 Å². The maximum absolute atomic E-state index is 13.2. The normalized spacial score (nSPS) is 10.9. The molecule has 0 fully saturated rings. The first-order chi connectivity index (χ1) is 14.4. The van der Waals surface area contributed by atoms with Crippen molar-refractivity contribution in [2.24, 2.45) is 0 Å². The molecule has 0 radical (unpaired) electrons. The third-order valence-electron chi connectivity index (χ3n) is 4.44. The summed E-state index contributed by atoms with van der Waals surface area (Å²) in [7, 11) is 0. The van der Waals surface area contributed by atoms with Gasteiger partial charge in [-0.25, -0.2) is 4.39 Å². The van der Waals surface area contributed by atoms with Crippen LogP contribution in [0.5, 0.6) is 17.2 Å². The Kier molecular flexibility index (Phi) is 5.79. The Morgan fingerprint density at radius 2 is 1.90 bits per heavy atom. The van der Waals surface area contributed by atoms with Gasteiger partial charge in [-0.15, -0.1) is 0 Å². The van der Waals surface area contributed by atoms with Crippen molar-refractivity contribution in [1.29, 1.82) is 0 Å². The van der Waals surface area contributed by atoms with Crippen molar-refractivity contribution in [2.45, 2.75) is 13.5 Å². The molecule has 152 valence electrons. The Bertz CT molecular complexity index is 1300. The highest BCUT2D eigenvalue weighted by Crippen LogP contribution is 2.31. The minimum atomic E-state index is -0.410. The van der Waals surface area contributed by atoms with Crippen LogP contribution in [-0.2, 0) is 6.61 Å². The number of aryl methyl sites for hydroxylation is 1. The monoisotopic (exact) mass is 488 g/mol. The molecule has 30 heavy (non-hydrogen) atoms. The van der Waals surface area contributed by atoms with Crippen LogP contribution in [0.4, 0.5) is 4.39 Å². The minimum Gasteiger partial charge on any atom is -0.489 e. The lowest BCUT2D eigenvalue weighted by molar-refractivity contribution is 0.306. The van der Waals surface area contributed by atoms with Gasteiger partial charge < -0.3 is 13.9 Å². The number of ether oxygens (including phenoxy) is 2. The van der Waals surface area contributed by atoms with Crippen molar-refractivity contribution in [3.05, 3.63) is 97.5 Å². The predicted octanol–water partition coefficient (Wildman–Crippen LogP) is 7.03. The second-order valence-electron chi connectivity index (χ2n) is 6.53. The average molecular weight is 490 g/mol. The van der Waals surface area contributed by atoms with Crippen molar-refractivity contribution >= 4 is 38.5 Å². The van der Waals surface area contributed by atoms with Crippen LogP contribution in [0.3, 0.4) is 0 Å². The van der Waals surface area contributed by atoms with Crippen molar-refractivity contribution in [1.82, 2.24) is 0 Å². The molecule has 7 heteroatoms. The summed E-state index contributed by atoms with van der Waals surface area (Å²) < 4.78 is 31.3. The molecule has 4 aromatic rings. The molecule has 0 aliphatic rings. The molecule has 3 aromatic carbocycles. The smallest absolute Gasteiger partial charge is 0.235 e. The first-order valence-electron chi connectivity index (χ1n) is 8.99. The Hall–Kier alpha value is -2.83. The van der Waals surface area contributed by atoms with E-state index in [2.05, 4.69) is 15.9 Å². The highest BCUT2D eigenvalue weighted by molar-refractivity contribution is 9.10. The molecule has 1 heterocycles. The highest BCUT2D eigenvalue weighted by Gasteiger charge is 2.15. The fraction of sp³-hybridized carbons (Fsp3) is 0.0870. The number of para-hydroxylation sites is 1. The van der Waals surface area contributed by atoms with Crippen LogP contribution in [0.25, 0.3) is 11.0 Å². The number of halogens is 3. The largest absolute Gasteiger partial charge is 0.489 e. The zero-order valence-corrected chi connectivity index (χ0v) is 18.1. The molecule has 0 saturated carbocycles. The third kappa shape index (κ3) is 4.20. The van der Waals surface area contributed by atoms with Gasteiger partial charge in [0.05, 0.1) is 14.9 Å². The predicted molar refractivity (Wildman–Crippen MR) is 117 cm³/mol. The molecular formula is C23H15BrClFO4. The maximum Gasteiger partial charge on any atom is 0.235 e. The Morgan fingerprint density at radius 1 is 1.10 bits per heavy atom. The summed E-state index contributed by atoms with van der Waals surface area (Å²) in [4.78, 5) is 12.9. The summed E-state index contributed by atoms with van der Waals surface area (Å²) in [6.45, 7) is 1.82. The molecule has 0 N–H and O–H groups in total. The van der Waals surface area contributed by atoms with Crippen molar-refractivity contribution in [3.8, 4) is 17.2 Å². The summed E-state index contributed by atoms with van der Waals surface area (Å²) in [6.07, 6.45) is 0. The molecule has 0 aliphatic heterocycles. The van der Waals surface area contributed by atoms with Crippen molar-refractivity contribution in [2.75, 3.05) is 0 Å². The van der Waals surface area contributed by atoms with Gasteiger partial charge in [-0.2, -0.15) is 0 Å². The Labute approximate surface area is 184 Å². The Balaban J connectivity index is 1.62. The molecule has 4 nitrogen and oxygen atoms in total. The average Bonchev–Trinajstić information content (AvgIpc) is 2.71. The highest BCUT2D eigenvalue weighted by atomic mass is 79.9. The summed E-state index contributed by atoms with van der Waals surface area (Å²) in [5.41, 5.74) is 0.741. The zero-order chi connectivity index (χ0) is 21.3. The SMILES string of the molecule is Cc1oc2cc(OCc3ccc(F)cc3Cl)ccc2c(=O)c1Oc1ccccc1Br. The van der Waals surface area contributed by atoms with Crippen LogP contribution >= 0.6 is 27.5 Å². The van der Waals surface area contributed by atoms with Gasteiger partial charge in [-0.3, -0.25) is 4.79 Å². The summed E-state index contributed by atoms with van der Waals surface area (Å²) in [5, 5.41) is 0.654. The van der Waals surface area contributed by atoms with E-state index in [1.165, 1.54) is 12.1 Å². The second kappa shape index (κ2) is 8.50. The quantitative estimate of drug-likeness (QED) is 0.302. The number of hydrogen-bond donors (Lipinski definition) is 0. The second-order valence-corrected chi connectivity index (χ2v) is 7.79. The van der Waals surface area contributed by atoms with Crippen LogP contribution in [0.15, 0.2) is 74.3 Å². The van der Waals surface area contributed by atoms with E-state index in [1.807, 2.05) is 18.2 Å². The van der Waals surface area contributed by atoms with E-state index in [1.54, 1.807) is 37.3 Å². The number of fused-ring (bicyclic) bond motifs is 1. The first-order valence-corrected chi connectivity index (χ1v) is 10.2. The van der Waals surface area contributed by atoms with Crippen molar-refractivity contribution in [3.63, 3.8) is 0 Å². The van der Waals surface area contributed by atoms with Gasteiger partial charge in [0, 0.05) is 11.6 Å². The summed E-state index contributed by atoms with van der Waals surface area (Å²) >= 11 is 9.43. The molecule has 0 spiro atoms. The van der Waals surface area contributed by atoms with Crippen LogP contribution in [0, 0.1) is 12.7 Å². The first kappa shape index (κ1) is 20.4. The molecule has 0 aliphatic carbocycles. The fourth-order valence-corrected chi connectivity index (χ4v) is 3.50. The van der Waals surface area contributed by atoms with E-state index >= 15 is 0 Å². The van der Waals surface area contributed by atoms with Crippen molar-refractivity contribution < 1.29 is 18.3 Å². The van der Waals surface area contributed by atoms with E-state index in [0.717, 1.165) is 4.47 Å². The lowest BCUT2D eigenvalue weighted by Gasteiger charge is -2.11. The number of hydrogen-bond acceptors (Lipinski definition) is 4. The molecule has 0 saturated heterocycles. The van der Waals surface area contributed by atoms with E-state index in [4.69, 9.17) is 25.5 Å². The minimum absolute atomic E-state index is 0.126. The molecular weight excluding hydrogens is 475 g/mol. The molecule has 0 amide bonds. The van der Waals surface area contributed by atoms with Gasteiger partial charge in [-0.05, 0) is 59.3 Å². The van der Waals surface area contributed by atoms with Gasteiger partial charge in [0.15, 0.2) is 0 Å². The standard InChI is InChI=1S/C23H15BrClFO4/c1-13-23(30-20-5-3-2-4-18(20)24)22(27)17-9-8-16(11-21(17)29-13)28-12-14-6-7-15(26)10-19(14)25/h2-11H,12H2,1H3. The molecule has 1 aromatic heterocycles. The molecule has 0 atom stereocenters. The molecule has 0 unspecified atom stereocenters. The number of rotatable bonds is 5. The van der Waals surface area contributed by atoms with Gasteiger partial charge in [-0.1, -0.05) is 29.8 Å². The van der Waals surface area contributed by atoms with Crippen LogP contribution in [0.1, 0.15) is 11.3 Å². The van der Waals surface area contributed by atoms with E-state index in [-0.39, 0.29) is 22.8 Å². The van der Waals surface area contributed by atoms with Crippen LogP contribution < -0.4 is 14.9 Å². The van der Waals surface area contributed by atoms with E-state index in [0.29, 0.717) is 33.8 Å². The lowest BCUT2D eigenvalue weighted by Crippen LogP contribution is -2.07. The van der Waals surface area contributed by atoms with Crippen LogP contribution in [0.2, 0.25) is 5.02 Å². The fourth-order valence-electron chi connectivity index (χ4n) is 2.91. The van der Waals surface area contributed by atoms with Gasteiger partial charge in [0.25, 0.3) is 0 Å².